The number of aromatic nitrogens is 3. The summed E-state index contributed by atoms with van der Waals surface area (Å²) in [4.78, 5) is 0. The van der Waals surface area contributed by atoms with E-state index in [2.05, 4.69) is 31.0 Å². The van der Waals surface area contributed by atoms with Gasteiger partial charge < -0.3 is 4.57 Å². The molecule has 2 aromatic rings. The summed E-state index contributed by atoms with van der Waals surface area (Å²) in [5, 5.41) is 9.15. The van der Waals surface area contributed by atoms with Crippen molar-refractivity contribution in [1.82, 2.24) is 14.8 Å². The second kappa shape index (κ2) is 5.14. The van der Waals surface area contributed by atoms with Gasteiger partial charge in [0.05, 0.1) is 10.9 Å². The SMILES string of the molecule is Cc1cccc(-c2nnc(CCl)n2C(C)(C)C)c1Cl. The predicted molar refractivity (Wildman–Crippen MR) is 79.8 cm³/mol. The molecule has 5 heteroatoms. The Hall–Kier alpha value is -1.06. The molecule has 0 saturated heterocycles. The molecule has 1 heterocycles. The number of halogens is 2. The van der Waals surface area contributed by atoms with Gasteiger partial charge in [0.15, 0.2) is 5.82 Å². The third kappa shape index (κ3) is 2.63. The Morgan fingerprint density at radius 3 is 2.47 bits per heavy atom. The van der Waals surface area contributed by atoms with E-state index in [9.17, 15) is 0 Å². The molecule has 102 valence electrons. The van der Waals surface area contributed by atoms with Crippen LogP contribution in [-0.4, -0.2) is 14.8 Å². The van der Waals surface area contributed by atoms with Gasteiger partial charge in [-0.2, -0.15) is 0 Å². The highest BCUT2D eigenvalue weighted by Crippen LogP contribution is 2.32. The van der Waals surface area contributed by atoms with E-state index in [0.717, 1.165) is 22.8 Å². The normalized spacial score (nSPS) is 11.9. The lowest BCUT2D eigenvalue weighted by atomic mass is 10.1. The largest absolute Gasteiger partial charge is 0.305 e. The average molecular weight is 298 g/mol. The number of nitrogens with zero attached hydrogens (tertiary/aromatic N) is 3. The zero-order chi connectivity index (χ0) is 14.2. The van der Waals surface area contributed by atoms with Crippen molar-refractivity contribution < 1.29 is 0 Å². The van der Waals surface area contributed by atoms with E-state index in [0.29, 0.717) is 10.9 Å². The highest BCUT2D eigenvalue weighted by molar-refractivity contribution is 6.33. The Kier molecular flexibility index (Phi) is 3.88. The molecule has 0 atom stereocenters. The predicted octanol–water partition coefficient (Wildman–Crippen LogP) is 4.40. The zero-order valence-electron chi connectivity index (χ0n) is 11.5. The lowest BCUT2D eigenvalue weighted by molar-refractivity contribution is 0.390. The molecule has 0 aliphatic carbocycles. The Morgan fingerprint density at radius 2 is 1.89 bits per heavy atom. The van der Waals surface area contributed by atoms with Gasteiger partial charge in [0.1, 0.15) is 5.82 Å². The molecule has 2 rings (SSSR count). The summed E-state index contributed by atoms with van der Waals surface area (Å²) in [5.41, 5.74) is 1.76. The van der Waals surface area contributed by atoms with E-state index in [4.69, 9.17) is 23.2 Å². The van der Waals surface area contributed by atoms with Crippen molar-refractivity contribution in [1.29, 1.82) is 0 Å². The van der Waals surface area contributed by atoms with Crippen molar-refractivity contribution in [2.75, 3.05) is 0 Å². The van der Waals surface area contributed by atoms with Crippen LogP contribution < -0.4 is 0 Å². The maximum absolute atomic E-state index is 6.39. The van der Waals surface area contributed by atoms with Gasteiger partial charge in [-0.15, -0.1) is 21.8 Å². The Labute approximate surface area is 123 Å². The first-order valence-corrected chi connectivity index (χ1v) is 7.03. The molecular weight excluding hydrogens is 281 g/mol. The van der Waals surface area contributed by atoms with Crippen LogP contribution in [-0.2, 0) is 11.4 Å². The Bertz CT molecular complexity index is 597. The minimum absolute atomic E-state index is 0.157. The fraction of sp³-hybridized carbons (Fsp3) is 0.429. The molecule has 0 saturated carbocycles. The lowest BCUT2D eigenvalue weighted by Crippen LogP contribution is -2.24. The zero-order valence-corrected chi connectivity index (χ0v) is 13.0. The monoisotopic (exact) mass is 297 g/mol. The summed E-state index contributed by atoms with van der Waals surface area (Å²) in [6, 6.07) is 5.91. The van der Waals surface area contributed by atoms with Crippen molar-refractivity contribution >= 4 is 23.2 Å². The van der Waals surface area contributed by atoms with Gasteiger partial charge in [-0.05, 0) is 39.3 Å². The number of aryl methyl sites for hydroxylation is 1. The van der Waals surface area contributed by atoms with Gasteiger partial charge in [0.2, 0.25) is 0 Å². The Morgan fingerprint density at radius 1 is 1.21 bits per heavy atom. The minimum Gasteiger partial charge on any atom is -0.305 e. The van der Waals surface area contributed by atoms with Crippen LogP contribution in [0.2, 0.25) is 5.02 Å². The summed E-state index contributed by atoms with van der Waals surface area (Å²) in [7, 11) is 0. The fourth-order valence-corrected chi connectivity index (χ4v) is 2.49. The molecule has 0 aliphatic rings. The van der Waals surface area contributed by atoms with Crippen LogP contribution in [0.3, 0.4) is 0 Å². The quantitative estimate of drug-likeness (QED) is 0.769. The maximum atomic E-state index is 6.39. The third-order valence-electron chi connectivity index (χ3n) is 2.95. The smallest absolute Gasteiger partial charge is 0.166 e. The van der Waals surface area contributed by atoms with E-state index in [-0.39, 0.29) is 5.54 Å². The van der Waals surface area contributed by atoms with Gasteiger partial charge in [-0.1, -0.05) is 23.7 Å². The molecule has 0 fully saturated rings. The molecule has 0 bridgehead atoms. The standard InChI is InChI=1S/C14H17Cl2N3/c1-9-6-5-7-10(12(9)16)13-18-17-11(8-15)19(13)14(2,3)4/h5-7H,8H2,1-4H3. The number of hydrogen-bond donors (Lipinski definition) is 0. The molecule has 1 aromatic heterocycles. The number of benzene rings is 1. The molecule has 0 N–H and O–H groups in total. The van der Waals surface area contributed by atoms with E-state index < -0.39 is 0 Å². The maximum Gasteiger partial charge on any atom is 0.166 e. The molecular formula is C14H17Cl2N3. The Balaban J connectivity index is 2.70. The average Bonchev–Trinajstić information content (AvgIpc) is 2.76. The van der Waals surface area contributed by atoms with Crippen molar-refractivity contribution in [3.8, 4) is 11.4 Å². The minimum atomic E-state index is -0.157. The van der Waals surface area contributed by atoms with Crippen LogP contribution in [0.4, 0.5) is 0 Å². The van der Waals surface area contributed by atoms with Crippen LogP contribution in [0.5, 0.6) is 0 Å². The first-order valence-electron chi connectivity index (χ1n) is 6.12. The second-order valence-corrected chi connectivity index (χ2v) is 6.16. The van der Waals surface area contributed by atoms with E-state index >= 15 is 0 Å². The van der Waals surface area contributed by atoms with Crippen LogP contribution in [0.25, 0.3) is 11.4 Å². The van der Waals surface area contributed by atoms with Crippen molar-refractivity contribution in [2.45, 2.75) is 39.1 Å². The van der Waals surface area contributed by atoms with E-state index in [1.54, 1.807) is 0 Å². The summed E-state index contributed by atoms with van der Waals surface area (Å²) in [6.45, 7) is 8.27. The molecule has 0 radical (unpaired) electrons. The van der Waals surface area contributed by atoms with Gasteiger partial charge in [-0.3, -0.25) is 0 Å². The van der Waals surface area contributed by atoms with Crippen LogP contribution in [0, 0.1) is 6.92 Å². The fourth-order valence-electron chi connectivity index (χ4n) is 2.10. The first-order chi connectivity index (χ1) is 8.86. The molecule has 0 aliphatic heterocycles. The number of rotatable bonds is 2. The molecule has 3 nitrogen and oxygen atoms in total. The molecule has 0 unspecified atom stereocenters. The molecule has 19 heavy (non-hydrogen) atoms. The topological polar surface area (TPSA) is 30.7 Å². The summed E-state index contributed by atoms with van der Waals surface area (Å²) in [5.74, 6) is 1.84. The van der Waals surface area contributed by atoms with E-state index in [1.165, 1.54) is 0 Å². The first kappa shape index (κ1) is 14.4. The van der Waals surface area contributed by atoms with Crippen molar-refractivity contribution in [3.63, 3.8) is 0 Å². The molecule has 1 aromatic carbocycles. The number of alkyl halides is 1. The van der Waals surface area contributed by atoms with Crippen LogP contribution in [0.15, 0.2) is 18.2 Å². The summed E-state index contributed by atoms with van der Waals surface area (Å²) < 4.78 is 2.04. The van der Waals surface area contributed by atoms with E-state index in [1.807, 2.05) is 29.7 Å². The second-order valence-electron chi connectivity index (χ2n) is 5.52. The van der Waals surface area contributed by atoms with Gasteiger partial charge in [0.25, 0.3) is 0 Å². The van der Waals surface area contributed by atoms with Gasteiger partial charge >= 0.3 is 0 Å². The highest BCUT2D eigenvalue weighted by Gasteiger charge is 2.24. The van der Waals surface area contributed by atoms with Crippen LogP contribution >= 0.6 is 23.2 Å². The lowest BCUT2D eigenvalue weighted by Gasteiger charge is -2.25. The van der Waals surface area contributed by atoms with Crippen molar-refractivity contribution in [3.05, 3.63) is 34.6 Å². The van der Waals surface area contributed by atoms with Gasteiger partial charge in [-0.25, -0.2) is 0 Å². The highest BCUT2D eigenvalue weighted by atomic mass is 35.5. The summed E-state index contributed by atoms with van der Waals surface area (Å²) in [6.07, 6.45) is 0. The summed E-state index contributed by atoms with van der Waals surface area (Å²) >= 11 is 12.3. The van der Waals surface area contributed by atoms with Gasteiger partial charge in [0, 0.05) is 11.1 Å². The van der Waals surface area contributed by atoms with Crippen molar-refractivity contribution in [2.24, 2.45) is 0 Å². The van der Waals surface area contributed by atoms with Crippen LogP contribution in [0.1, 0.15) is 32.2 Å². The third-order valence-corrected chi connectivity index (χ3v) is 3.69. The number of hydrogen-bond acceptors (Lipinski definition) is 2. The molecule has 0 amide bonds. The molecule has 0 spiro atoms.